The van der Waals surface area contributed by atoms with E-state index in [0.29, 0.717) is 6.61 Å². The molecular weight excluding hydrogens is 152 g/mol. The highest BCUT2D eigenvalue weighted by Crippen LogP contribution is 1.89. The molecule has 0 unspecified atom stereocenters. The molecule has 0 aromatic heterocycles. The first-order chi connectivity index (χ1) is 4.63. The highest BCUT2D eigenvalue weighted by atomic mass is 35.5. The third-order valence-electron chi connectivity index (χ3n) is 0.825. The summed E-state index contributed by atoms with van der Waals surface area (Å²) in [6.07, 6.45) is 1.89. The van der Waals surface area contributed by atoms with E-state index in [-0.39, 0.29) is 6.61 Å². The maximum atomic E-state index is 10.1. The quantitative estimate of drug-likeness (QED) is 0.358. The van der Waals surface area contributed by atoms with Gasteiger partial charge >= 0.3 is 0 Å². The molecule has 3 heteroatoms. The van der Waals surface area contributed by atoms with Gasteiger partial charge in [-0.05, 0) is 25.4 Å². The van der Waals surface area contributed by atoms with Crippen LogP contribution >= 0.6 is 11.6 Å². The summed E-state index contributed by atoms with van der Waals surface area (Å²) < 4.78 is 4.85. The van der Waals surface area contributed by atoms with E-state index in [1.54, 1.807) is 0 Å². The summed E-state index contributed by atoms with van der Waals surface area (Å²) in [6, 6.07) is 0. The lowest BCUT2D eigenvalue weighted by molar-refractivity contribution is -0.115. The van der Waals surface area contributed by atoms with E-state index < -0.39 is 5.24 Å². The number of allylic oxidation sites excluding steroid dienone is 1. The molecule has 0 atom stereocenters. The van der Waals surface area contributed by atoms with Gasteiger partial charge in [-0.25, -0.2) is 0 Å². The normalized spacial score (nSPS) is 9.10. The molecule has 0 amide bonds. The summed E-state index contributed by atoms with van der Waals surface area (Å²) in [7, 11) is 0. The molecule has 0 N–H and O–H groups in total. The van der Waals surface area contributed by atoms with Gasteiger partial charge in [-0.1, -0.05) is 11.6 Å². The van der Waals surface area contributed by atoms with Crippen molar-refractivity contribution in [2.45, 2.75) is 13.8 Å². The standard InChI is InChI=1S/C7H11ClO2/c1-6(2)3-4-10-5-7(8)9/h3H,4-5H2,1-2H3. The minimum atomic E-state index is -0.456. The Kier molecular flexibility index (Phi) is 5.26. The molecule has 0 rings (SSSR count). The number of rotatable bonds is 4. The topological polar surface area (TPSA) is 26.3 Å². The van der Waals surface area contributed by atoms with Crippen LogP contribution in [0.25, 0.3) is 0 Å². The Hall–Kier alpha value is -0.340. The lowest BCUT2D eigenvalue weighted by Gasteiger charge is -1.94. The van der Waals surface area contributed by atoms with E-state index in [0.717, 1.165) is 0 Å². The smallest absolute Gasteiger partial charge is 0.247 e. The lowest BCUT2D eigenvalue weighted by Crippen LogP contribution is -2.01. The molecule has 0 aliphatic rings. The summed E-state index contributed by atoms with van der Waals surface area (Å²) in [4.78, 5) is 10.1. The Morgan fingerprint density at radius 3 is 2.60 bits per heavy atom. The first-order valence-electron chi connectivity index (χ1n) is 3.02. The lowest BCUT2D eigenvalue weighted by atomic mass is 10.3. The van der Waals surface area contributed by atoms with Gasteiger partial charge in [0.2, 0.25) is 5.24 Å². The van der Waals surface area contributed by atoms with Crippen molar-refractivity contribution >= 4 is 16.8 Å². The second-order valence-electron chi connectivity index (χ2n) is 2.15. The molecule has 0 aromatic rings. The van der Waals surface area contributed by atoms with Crippen LogP contribution in [0.1, 0.15) is 13.8 Å². The van der Waals surface area contributed by atoms with E-state index in [1.807, 2.05) is 19.9 Å². The zero-order valence-electron chi connectivity index (χ0n) is 6.19. The average Bonchev–Trinajstić information content (AvgIpc) is 1.79. The Bertz CT molecular complexity index is 137. The summed E-state index contributed by atoms with van der Waals surface area (Å²) >= 11 is 5.01. The molecule has 58 valence electrons. The van der Waals surface area contributed by atoms with Crippen LogP contribution in [0.3, 0.4) is 0 Å². The van der Waals surface area contributed by atoms with Crippen LogP contribution in [0, 0.1) is 0 Å². The number of carbonyl (C=O) groups excluding carboxylic acids is 1. The summed E-state index contributed by atoms with van der Waals surface area (Å²) in [6.45, 7) is 4.38. The predicted octanol–water partition coefficient (Wildman–Crippen LogP) is 1.73. The van der Waals surface area contributed by atoms with Gasteiger partial charge in [0.15, 0.2) is 0 Å². The second-order valence-corrected chi connectivity index (χ2v) is 2.57. The van der Waals surface area contributed by atoms with Gasteiger partial charge in [0.05, 0.1) is 6.61 Å². The molecule has 0 saturated heterocycles. The van der Waals surface area contributed by atoms with Gasteiger partial charge in [0.1, 0.15) is 6.61 Å². The number of hydrogen-bond acceptors (Lipinski definition) is 2. The van der Waals surface area contributed by atoms with Crippen LogP contribution in [0.4, 0.5) is 0 Å². The Balaban J connectivity index is 3.21. The Morgan fingerprint density at radius 1 is 1.60 bits per heavy atom. The monoisotopic (exact) mass is 162 g/mol. The maximum absolute atomic E-state index is 10.1. The Morgan fingerprint density at radius 2 is 2.20 bits per heavy atom. The van der Waals surface area contributed by atoms with Crippen LogP contribution < -0.4 is 0 Å². The molecule has 0 aliphatic carbocycles. The van der Waals surface area contributed by atoms with E-state index in [4.69, 9.17) is 16.3 Å². The number of carbonyl (C=O) groups is 1. The minimum absolute atomic E-state index is 0.00860. The van der Waals surface area contributed by atoms with E-state index in [2.05, 4.69) is 0 Å². The fraction of sp³-hybridized carbons (Fsp3) is 0.571. The van der Waals surface area contributed by atoms with E-state index in [1.165, 1.54) is 5.57 Å². The molecule has 0 heterocycles. The summed E-state index contributed by atoms with van der Waals surface area (Å²) in [5.41, 5.74) is 1.17. The third kappa shape index (κ3) is 7.66. The number of halogens is 1. The van der Waals surface area contributed by atoms with Crippen LogP contribution in [0.2, 0.25) is 0 Å². The maximum Gasteiger partial charge on any atom is 0.247 e. The number of hydrogen-bond donors (Lipinski definition) is 0. The van der Waals surface area contributed by atoms with Gasteiger partial charge in [-0.15, -0.1) is 0 Å². The van der Waals surface area contributed by atoms with Crippen LogP contribution in [-0.4, -0.2) is 18.5 Å². The number of ether oxygens (including phenoxy) is 1. The minimum Gasteiger partial charge on any atom is -0.368 e. The second kappa shape index (κ2) is 5.45. The summed E-state index contributed by atoms with van der Waals surface area (Å²) in [5, 5.41) is -0.456. The molecule has 2 nitrogen and oxygen atoms in total. The highest BCUT2D eigenvalue weighted by Gasteiger charge is 1.92. The molecular formula is C7H11ClO2. The van der Waals surface area contributed by atoms with Crippen molar-refractivity contribution in [1.82, 2.24) is 0 Å². The molecule has 10 heavy (non-hydrogen) atoms. The first-order valence-corrected chi connectivity index (χ1v) is 3.40. The molecule has 0 spiro atoms. The average molecular weight is 163 g/mol. The van der Waals surface area contributed by atoms with Gasteiger partial charge in [0.25, 0.3) is 0 Å². The zero-order valence-corrected chi connectivity index (χ0v) is 6.94. The van der Waals surface area contributed by atoms with E-state index in [9.17, 15) is 4.79 Å². The van der Waals surface area contributed by atoms with Gasteiger partial charge in [0, 0.05) is 0 Å². The molecule has 0 aliphatic heterocycles. The van der Waals surface area contributed by atoms with Crippen molar-refractivity contribution in [3.8, 4) is 0 Å². The molecule has 0 radical (unpaired) electrons. The SMILES string of the molecule is CC(C)=CCOCC(=O)Cl. The van der Waals surface area contributed by atoms with Crippen LogP contribution in [-0.2, 0) is 9.53 Å². The van der Waals surface area contributed by atoms with Gasteiger partial charge in [-0.3, -0.25) is 4.79 Å². The van der Waals surface area contributed by atoms with Crippen LogP contribution in [0.5, 0.6) is 0 Å². The summed E-state index contributed by atoms with van der Waals surface area (Å²) in [5.74, 6) is 0. The van der Waals surface area contributed by atoms with Crippen LogP contribution in [0.15, 0.2) is 11.6 Å². The van der Waals surface area contributed by atoms with Crippen molar-refractivity contribution in [2.24, 2.45) is 0 Å². The zero-order chi connectivity index (χ0) is 7.98. The van der Waals surface area contributed by atoms with E-state index >= 15 is 0 Å². The van der Waals surface area contributed by atoms with Crippen molar-refractivity contribution in [3.63, 3.8) is 0 Å². The predicted molar refractivity (Wildman–Crippen MR) is 41.1 cm³/mol. The first kappa shape index (κ1) is 9.66. The fourth-order valence-electron chi connectivity index (χ4n) is 0.365. The fourth-order valence-corrected chi connectivity index (χ4v) is 0.442. The van der Waals surface area contributed by atoms with Crippen molar-refractivity contribution < 1.29 is 9.53 Å². The van der Waals surface area contributed by atoms with Crippen molar-refractivity contribution in [3.05, 3.63) is 11.6 Å². The molecule has 0 saturated carbocycles. The largest absolute Gasteiger partial charge is 0.368 e. The molecule has 0 fully saturated rings. The van der Waals surface area contributed by atoms with Crippen molar-refractivity contribution in [1.29, 1.82) is 0 Å². The van der Waals surface area contributed by atoms with Gasteiger partial charge in [-0.2, -0.15) is 0 Å². The van der Waals surface area contributed by atoms with Crippen molar-refractivity contribution in [2.75, 3.05) is 13.2 Å². The van der Waals surface area contributed by atoms with Gasteiger partial charge < -0.3 is 4.74 Å². The molecule has 0 aromatic carbocycles. The Labute approximate surface area is 65.8 Å². The highest BCUT2D eigenvalue weighted by molar-refractivity contribution is 6.63. The molecule has 0 bridgehead atoms. The third-order valence-corrected chi connectivity index (χ3v) is 0.934.